The van der Waals surface area contributed by atoms with Crippen LogP contribution in [0.3, 0.4) is 0 Å². The lowest BCUT2D eigenvalue weighted by Crippen LogP contribution is -2.40. The van der Waals surface area contributed by atoms with Crippen molar-refractivity contribution in [3.63, 3.8) is 0 Å². The van der Waals surface area contributed by atoms with Crippen molar-refractivity contribution in [2.75, 3.05) is 18.4 Å². The molecule has 1 aliphatic heterocycles. The van der Waals surface area contributed by atoms with E-state index in [-0.39, 0.29) is 10.6 Å². The standard InChI is InChI=1S/C13H13BrClF2NO/c14-6-8-2-1-3-18(7-8)13(19)9-4-12(17)10(15)5-11(9)16/h4-5,8H,1-3,6-7H2. The van der Waals surface area contributed by atoms with Gasteiger partial charge in [-0.2, -0.15) is 0 Å². The topological polar surface area (TPSA) is 20.3 Å². The zero-order valence-corrected chi connectivity index (χ0v) is 12.5. The van der Waals surface area contributed by atoms with E-state index >= 15 is 0 Å². The molecule has 0 bridgehead atoms. The van der Waals surface area contributed by atoms with Crippen LogP contribution in [-0.2, 0) is 0 Å². The number of hydrogen-bond donors (Lipinski definition) is 0. The molecule has 1 aromatic carbocycles. The number of carbonyl (C=O) groups is 1. The molecule has 0 spiro atoms. The molecule has 0 radical (unpaired) electrons. The molecular weight excluding hydrogens is 340 g/mol. The Labute approximate surface area is 123 Å². The van der Waals surface area contributed by atoms with Crippen molar-refractivity contribution in [2.24, 2.45) is 5.92 Å². The molecule has 1 amide bonds. The average molecular weight is 353 g/mol. The third-order valence-electron chi connectivity index (χ3n) is 3.26. The van der Waals surface area contributed by atoms with Gasteiger partial charge in [-0.05, 0) is 30.9 Å². The fraction of sp³-hybridized carbons (Fsp3) is 0.462. The molecule has 0 aliphatic carbocycles. The summed E-state index contributed by atoms with van der Waals surface area (Å²) < 4.78 is 27.1. The molecule has 0 N–H and O–H groups in total. The van der Waals surface area contributed by atoms with Gasteiger partial charge in [-0.25, -0.2) is 8.78 Å². The van der Waals surface area contributed by atoms with Crippen LogP contribution < -0.4 is 0 Å². The van der Waals surface area contributed by atoms with Gasteiger partial charge < -0.3 is 4.90 Å². The fourth-order valence-corrected chi connectivity index (χ4v) is 2.91. The fourth-order valence-electron chi connectivity index (χ4n) is 2.23. The molecule has 2 nitrogen and oxygen atoms in total. The van der Waals surface area contributed by atoms with Crippen molar-refractivity contribution in [3.8, 4) is 0 Å². The summed E-state index contributed by atoms with van der Waals surface area (Å²) in [6.45, 7) is 1.14. The van der Waals surface area contributed by atoms with E-state index in [4.69, 9.17) is 11.6 Å². The predicted octanol–water partition coefficient (Wildman–Crippen LogP) is 3.87. The van der Waals surface area contributed by atoms with Gasteiger partial charge in [0.15, 0.2) is 0 Å². The Morgan fingerprint density at radius 1 is 1.42 bits per heavy atom. The maximum Gasteiger partial charge on any atom is 0.256 e. The average Bonchev–Trinajstić information content (AvgIpc) is 2.42. The van der Waals surface area contributed by atoms with E-state index in [2.05, 4.69) is 15.9 Å². The van der Waals surface area contributed by atoms with Crippen LogP contribution in [0.5, 0.6) is 0 Å². The van der Waals surface area contributed by atoms with Crippen LogP contribution in [0.25, 0.3) is 0 Å². The maximum absolute atomic E-state index is 13.7. The van der Waals surface area contributed by atoms with E-state index in [0.717, 1.165) is 30.3 Å². The second-order valence-corrected chi connectivity index (χ2v) is 5.71. The Morgan fingerprint density at radius 3 is 2.84 bits per heavy atom. The first-order valence-corrected chi connectivity index (χ1v) is 7.52. The molecule has 0 saturated carbocycles. The van der Waals surface area contributed by atoms with Crippen LogP contribution in [0, 0.1) is 17.6 Å². The van der Waals surface area contributed by atoms with Gasteiger partial charge in [-0.15, -0.1) is 0 Å². The second kappa shape index (κ2) is 6.18. The number of benzene rings is 1. The summed E-state index contributed by atoms with van der Waals surface area (Å²) in [5, 5.41) is 0.486. The third-order valence-corrected chi connectivity index (χ3v) is 4.47. The molecule has 0 aromatic heterocycles. The van der Waals surface area contributed by atoms with Crippen LogP contribution >= 0.6 is 27.5 Å². The Morgan fingerprint density at radius 2 is 2.16 bits per heavy atom. The highest BCUT2D eigenvalue weighted by atomic mass is 79.9. The number of hydrogen-bond acceptors (Lipinski definition) is 1. The number of carbonyl (C=O) groups excluding carboxylic acids is 1. The number of amides is 1. The number of alkyl halides is 1. The van der Waals surface area contributed by atoms with Gasteiger partial charge in [0.2, 0.25) is 0 Å². The van der Waals surface area contributed by atoms with Crippen molar-refractivity contribution >= 4 is 33.4 Å². The summed E-state index contributed by atoms with van der Waals surface area (Å²) >= 11 is 8.87. The number of piperidine rings is 1. The van der Waals surface area contributed by atoms with E-state index in [9.17, 15) is 13.6 Å². The van der Waals surface area contributed by atoms with E-state index in [0.29, 0.717) is 19.0 Å². The minimum absolute atomic E-state index is 0.253. The predicted molar refractivity (Wildman–Crippen MR) is 73.8 cm³/mol. The maximum atomic E-state index is 13.7. The molecule has 1 saturated heterocycles. The normalized spacial score (nSPS) is 19.6. The molecule has 1 unspecified atom stereocenters. The van der Waals surface area contributed by atoms with E-state index in [1.807, 2.05) is 0 Å². The van der Waals surface area contributed by atoms with E-state index in [1.165, 1.54) is 0 Å². The Hall–Kier alpha value is -0.680. The largest absolute Gasteiger partial charge is 0.338 e. The molecule has 1 aromatic rings. The molecule has 1 heterocycles. The van der Waals surface area contributed by atoms with Gasteiger partial charge in [0, 0.05) is 18.4 Å². The number of likely N-dealkylation sites (tertiary alicyclic amines) is 1. The van der Waals surface area contributed by atoms with Gasteiger partial charge in [0.25, 0.3) is 5.91 Å². The van der Waals surface area contributed by atoms with E-state index in [1.54, 1.807) is 4.90 Å². The lowest BCUT2D eigenvalue weighted by atomic mass is 9.99. The van der Waals surface area contributed by atoms with Crippen LogP contribution in [0.4, 0.5) is 8.78 Å². The van der Waals surface area contributed by atoms with Gasteiger partial charge >= 0.3 is 0 Å². The Balaban J connectivity index is 2.22. The Kier molecular flexibility index (Phi) is 4.79. The second-order valence-electron chi connectivity index (χ2n) is 4.66. The van der Waals surface area contributed by atoms with Crippen molar-refractivity contribution in [1.29, 1.82) is 0 Å². The summed E-state index contributed by atoms with van der Waals surface area (Å²) in [7, 11) is 0. The summed E-state index contributed by atoms with van der Waals surface area (Å²) in [6, 6.07) is 1.72. The quantitative estimate of drug-likeness (QED) is 0.584. The molecule has 19 heavy (non-hydrogen) atoms. The third kappa shape index (κ3) is 3.26. The number of nitrogens with zero attached hydrogens (tertiary/aromatic N) is 1. The molecule has 1 aliphatic rings. The molecule has 6 heteroatoms. The van der Waals surface area contributed by atoms with Gasteiger partial charge in [0.05, 0.1) is 10.6 Å². The molecule has 1 atom stereocenters. The summed E-state index contributed by atoms with van der Waals surface area (Å²) in [6.07, 6.45) is 1.91. The zero-order valence-electron chi connectivity index (χ0n) is 10.1. The summed E-state index contributed by atoms with van der Waals surface area (Å²) in [4.78, 5) is 13.8. The minimum Gasteiger partial charge on any atom is -0.338 e. The zero-order chi connectivity index (χ0) is 14.0. The smallest absolute Gasteiger partial charge is 0.256 e. The monoisotopic (exact) mass is 351 g/mol. The molecular formula is C13H13BrClF2NO. The summed E-state index contributed by atoms with van der Waals surface area (Å²) in [5.41, 5.74) is -0.253. The highest BCUT2D eigenvalue weighted by Gasteiger charge is 2.26. The first-order chi connectivity index (χ1) is 9.02. The van der Waals surface area contributed by atoms with Crippen LogP contribution in [0.2, 0.25) is 5.02 Å². The van der Waals surface area contributed by atoms with Gasteiger partial charge in [-0.3, -0.25) is 4.79 Å². The first-order valence-electron chi connectivity index (χ1n) is 6.02. The highest BCUT2D eigenvalue weighted by molar-refractivity contribution is 9.09. The summed E-state index contributed by atoms with van der Waals surface area (Å²) in [5.74, 6) is -1.67. The first kappa shape index (κ1) is 14.7. The van der Waals surface area contributed by atoms with Crippen molar-refractivity contribution < 1.29 is 13.6 Å². The highest BCUT2D eigenvalue weighted by Crippen LogP contribution is 2.24. The Bertz CT molecular complexity index is 498. The lowest BCUT2D eigenvalue weighted by molar-refractivity contribution is 0.0680. The SMILES string of the molecule is O=C(c1cc(F)c(Cl)cc1F)N1CCCC(CBr)C1. The molecule has 1 fully saturated rings. The number of rotatable bonds is 2. The van der Waals surface area contributed by atoms with Crippen LogP contribution in [0.15, 0.2) is 12.1 Å². The van der Waals surface area contributed by atoms with Crippen molar-refractivity contribution in [1.82, 2.24) is 4.90 Å². The van der Waals surface area contributed by atoms with Crippen LogP contribution in [0.1, 0.15) is 23.2 Å². The van der Waals surface area contributed by atoms with Gasteiger partial charge in [0.1, 0.15) is 11.6 Å². The minimum atomic E-state index is -0.780. The molecule has 2 rings (SSSR count). The van der Waals surface area contributed by atoms with E-state index < -0.39 is 17.5 Å². The van der Waals surface area contributed by atoms with Crippen molar-refractivity contribution in [3.05, 3.63) is 34.4 Å². The van der Waals surface area contributed by atoms with Crippen LogP contribution in [-0.4, -0.2) is 29.2 Å². The molecule has 104 valence electrons. The lowest BCUT2D eigenvalue weighted by Gasteiger charge is -2.32. The number of halogens is 4. The van der Waals surface area contributed by atoms with Crippen molar-refractivity contribution in [2.45, 2.75) is 12.8 Å². The van der Waals surface area contributed by atoms with Gasteiger partial charge in [-0.1, -0.05) is 27.5 Å².